The average molecular weight is 240 g/mol. The summed E-state index contributed by atoms with van der Waals surface area (Å²) in [5, 5.41) is 6.13. The molecular weight excluding hydrogens is 216 g/mol. The SMILES string of the molecule is O=C(NCCOC1CCCCC1)[C@@H]1CCCN1. The highest BCUT2D eigenvalue weighted by Crippen LogP contribution is 2.19. The number of nitrogens with one attached hydrogen (secondary N) is 2. The molecule has 2 aliphatic rings. The lowest BCUT2D eigenvalue weighted by molar-refractivity contribution is -0.123. The van der Waals surface area contributed by atoms with Crippen molar-refractivity contribution in [3.05, 3.63) is 0 Å². The number of rotatable bonds is 5. The zero-order valence-electron chi connectivity index (χ0n) is 10.5. The first-order valence-corrected chi connectivity index (χ1v) is 6.99. The van der Waals surface area contributed by atoms with Crippen LogP contribution in [0.3, 0.4) is 0 Å². The second kappa shape index (κ2) is 6.97. The normalized spacial score (nSPS) is 26.0. The molecule has 0 radical (unpaired) electrons. The van der Waals surface area contributed by atoms with Gasteiger partial charge in [0.05, 0.1) is 18.8 Å². The Kier molecular flexibility index (Phi) is 5.26. The van der Waals surface area contributed by atoms with Crippen LogP contribution in [0.5, 0.6) is 0 Å². The fourth-order valence-corrected chi connectivity index (χ4v) is 2.66. The minimum atomic E-state index is 0.0321. The van der Waals surface area contributed by atoms with Crippen molar-refractivity contribution in [3.8, 4) is 0 Å². The third kappa shape index (κ3) is 4.28. The van der Waals surface area contributed by atoms with Crippen molar-refractivity contribution in [1.29, 1.82) is 0 Å². The van der Waals surface area contributed by atoms with Crippen LogP contribution in [0, 0.1) is 0 Å². The Bertz CT molecular complexity index is 234. The predicted octanol–water partition coefficient (Wildman–Crippen LogP) is 1.20. The number of carbonyl (C=O) groups is 1. The van der Waals surface area contributed by atoms with Crippen molar-refractivity contribution in [3.63, 3.8) is 0 Å². The van der Waals surface area contributed by atoms with E-state index in [0.29, 0.717) is 19.3 Å². The van der Waals surface area contributed by atoms with Gasteiger partial charge >= 0.3 is 0 Å². The Hall–Kier alpha value is -0.610. The first kappa shape index (κ1) is 12.8. The zero-order valence-corrected chi connectivity index (χ0v) is 10.5. The second-order valence-electron chi connectivity index (χ2n) is 5.07. The summed E-state index contributed by atoms with van der Waals surface area (Å²) in [5.41, 5.74) is 0. The summed E-state index contributed by atoms with van der Waals surface area (Å²) in [6.07, 6.45) is 8.84. The van der Waals surface area contributed by atoms with Crippen LogP contribution in [0.15, 0.2) is 0 Å². The molecule has 1 amide bonds. The van der Waals surface area contributed by atoms with Crippen molar-refractivity contribution in [2.24, 2.45) is 0 Å². The Morgan fingerprint density at radius 1 is 1.18 bits per heavy atom. The lowest BCUT2D eigenvalue weighted by atomic mass is 9.98. The van der Waals surface area contributed by atoms with Crippen molar-refractivity contribution in [2.75, 3.05) is 19.7 Å². The number of amides is 1. The molecule has 0 bridgehead atoms. The predicted molar refractivity (Wildman–Crippen MR) is 66.9 cm³/mol. The lowest BCUT2D eigenvalue weighted by Gasteiger charge is -2.22. The van der Waals surface area contributed by atoms with Crippen molar-refractivity contribution in [2.45, 2.75) is 57.1 Å². The van der Waals surface area contributed by atoms with Gasteiger partial charge in [0, 0.05) is 6.54 Å². The smallest absolute Gasteiger partial charge is 0.237 e. The molecule has 4 nitrogen and oxygen atoms in total. The molecule has 4 heteroatoms. The van der Waals surface area contributed by atoms with Gasteiger partial charge < -0.3 is 15.4 Å². The van der Waals surface area contributed by atoms with E-state index in [1.807, 2.05) is 0 Å². The molecule has 1 aliphatic heterocycles. The van der Waals surface area contributed by atoms with Crippen LogP contribution < -0.4 is 10.6 Å². The third-order valence-corrected chi connectivity index (χ3v) is 3.68. The summed E-state index contributed by atoms with van der Waals surface area (Å²) in [7, 11) is 0. The van der Waals surface area contributed by atoms with E-state index in [1.54, 1.807) is 0 Å². The summed E-state index contributed by atoms with van der Waals surface area (Å²) in [6, 6.07) is 0.0321. The second-order valence-corrected chi connectivity index (χ2v) is 5.07. The van der Waals surface area contributed by atoms with E-state index in [2.05, 4.69) is 10.6 Å². The van der Waals surface area contributed by atoms with Gasteiger partial charge in [-0.25, -0.2) is 0 Å². The Morgan fingerprint density at radius 3 is 2.71 bits per heavy atom. The number of hydrogen-bond donors (Lipinski definition) is 2. The molecule has 2 N–H and O–H groups in total. The molecule has 0 unspecified atom stereocenters. The lowest BCUT2D eigenvalue weighted by Crippen LogP contribution is -2.41. The largest absolute Gasteiger partial charge is 0.376 e. The van der Waals surface area contributed by atoms with E-state index in [4.69, 9.17) is 4.74 Å². The summed E-state index contributed by atoms with van der Waals surface area (Å²) >= 11 is 0. The molecule has 2 fully saturated rings. The van der Waals surface area contributed by atoms with E-state index in [0.717, 1.165) is 19.4 Å². The highest BCUT2D eigenvalue weighted by Gasteiger charge is 2.21. The van der Waals surface area contributed by atoms with Crippen molar-refractivity contribution in [1.82, 2.24) is 10.6 Å². The molecule has 0 aromatic heterocycles. The van der Waals surface area contributed by atoms with Crippen LogP contribution in [-0.4, -0.2) is 37.7 Å². The van der Waals surface area contributed by atoms with Crippen LogP contribution in [0.2, 0.25) is 0 Å². The minimum absolute atomic E-state index is 0.0321. The summed E-state index contributed by atoms with van der Waals surface area (Å²) < 4.78 is 5.76. The van der Waals surface area contributed by atoms with E-state index >= 15 is 0 Å². The number of ether oxygens (including phenoxy) is 1. The monoisotopic (exact) mass is 240 g/mol. The molecule has 0 spiro atoms. The third-order valence-electron chi connectivity index (χ3n) is 3.68. The van der Waals surface area contributed by atoms with Gasteiger partial charge in [0.25, 0.3) is 0 Å². The first-order valence-electron chi connectivity index (χ1n) is 6.99. The minimum Gasteiger partial charge on any atom is -0.376 e. The Labute approximate surface area is 103 Å². The topological polar surface area (TPSA) is 50.4 Å². The maximum atomic E-state index is 11.7. The summed E-state index contributed by atoms with van der Waals surface area (Å²) in [5.74, 6) is 0.134. The van der Waals surface area contributed by atoms with Gasteiger partial charge in [0.2, 0.25) is 5.91 Å². The van der Waals surface area contributed by atoms with Gasteiger partial charge in [-0.05, 0) is 32.2 Å². The van der Waals surface area contributed by atoms with Crippen LogP contribution in [-0.2, 0) is 9.53 Å². The van der Waals surface area contributed by atoms with Crippen LogP contribution >= 0.6 is 0 Å². The van der Waals surface area contributed by atoms with Crippen molar-refractivity contribution < 1.29 is 9.53 Å². The Balaban J connectivity index is 1.51. The molecule has 0 aromatic rings. The summed E-state index contributed by atoms with van der Waals surface area (Å²) in [6.45, 7) is 2.27. The standard InChI is InChI=1S/C13H24N2O2/c16-13(12-7-4-8-14-12)15-9-10-17-11-5-2-1-3-6-11/h11-12,14H,1-10H2,(H,15,16)/t12-/m0/s1. The molecule has 17 heavy (non-hydrogen) atoms. The number of hydrogen-bond acceptors (Lipinski definition) is 3. The Morgan fingerprint density at radius 2 is 2.00 bits per heavy atom. The molecular formula is C13H24N2O2. The molecule has 0 aromatic carbocycles. The quantitative estimate of drug-likeness (QED) is 0.710. The molecule has 2 rings (SSSR count). The zero-order chi connectivity index (χ0) is 11.9. The maximum absolute atomic E-state index is 11.7. The molecule has 1 saturated heterocycles. The van der Waals surface area contributed by atoms with E-state index in [1.165, 1.54) is 32.1 Å². The number of carbonyl (C=O) groups excluding carboxylic acids is 1. The fourth-order valence-electron chi connectivity index (χ4n) is 2.66. The molecule has 1 atom stereocenters. The molecule has 1 aliphatic carbocycles. The van der Waals surface area contributed by atoms with E-state index < -0.39 is 0 Å². The van der Waals surface area contributed by atoms with Gasteiger partial charge in [-0.3, -0.25) is 4.79 Å². The van der Waals surface area contributed by atoms with Crippen LogP contribution in [0.25, 0.3) is 0 Å². The van der Waals surface area contributed by atoms with Crippen LogP contribution in [0.1, 0.15) is 44.9 Å². The highest BCUT2D eigenvalue weighted by atomic mass is 16.5. The molecule has 98 valence electrons. The highest BCUT2D eigenvalue weighted by molar-refractivity contribution is 5.81. The van der Waals surface area contributed by atoms with Crippen LogP contribution in [0.4, 0.5) is 0 Å². The van der Waals surface area contributed by atoms with Gasteiger partial charge in [-0.2, -0.15) is 0 Å². The van der Waals surface area contributed by atoms with Gasteiger partial charge in [-0.1, -0.05) is 19.3 Å². The van der Waals surface area contributed by atoms with Gasteiger partial charge in [0.1, 0.15) is 0 Å². The first-order chi connectivity index (χ1) is 8.36. The van der Waals surface area contributed by atoms with E-state index in [9.17, 15) is 4.79 Å². The van der Waals surface area contributed by atoms with E-state index in [-0.39, 0.29) is 11.9 Å². The fraction of sp³-hybridized carbons (Fsp3) is 0.923. The summed E-state index contributed by atoms with van der Waals surface area (Å²) in [4.78, 5) is 11.7. The maximum Gasteiger partial charge on any atom is 0.237 e. The van der Waals surface area contributed by atoms with Gasteiger partial charge in [-0.15, -0.1) is 0 Å². The van der Waals surface area contributed by atoms with Gasteiger partial charge in [0.15, 0.2) is 0 Å². The average Bonchev–Trinajstić information content (AvgIpc) is 2.89. The molecule has 1 saturated carbocycles. The molecule has 1 heterocycles. The van der Waals surface area contributed by atoms with Crippen molar-refractivity contribution >= 4 is 5.91 Å².